The molecule has 0 fully saturated rings. The van der Waals surface area contributed by atoms with Crippen molar-refractivity contribution in [3.63, 3.8) is 0 Å². The van der Waals surface area contributed by atoms with Gasteiger partial charge in [-0.1, -0.05) is 60.7 Å². The minimum Gasteiger partial charge on any atom is -0.460 e. The quantitative estimate of drug-likeness (QED) is 0.645. The molecule has 6 heteroatoms. The Morgan fingerprint density at radius 2 is 1.26 bits per heavy atom. The van der Waals surface area contributed by atoms with Crippen LogP contribution in [0.5, 0.6) is 0 Å². The number of nitrogens with zero attached hydrogens (tertiary/aromatic N) is 1. The number of esters is 2. The third kappa shape index (κ3) is 7.60. The number of benzene rings is 2. The topological polar surface area (TPSA) is 76.1 Å². The molecule has 0 unspecified atom stereocenters. The standard InChI is InChI=1S/C21H25NO5/c1-17(14-23)22(12-20(24)26-15-18-8-4-2-5-9-18)13-21(25)27-16-19-10-6-3-7-11-19/h2-11,17,23H,12-16H2,1H3/t17-/m0/s1. The van der Waals surface area contributed by atoms with Crippen molar-refractivity contribution in [3.8, 4) is 0 Å². The maximum absolute atomic E-state index is 12.1. The molecule has 0 saturated heterocycles. The van der Waals surface area contributed by atoms with Gasteiger partial charge in [-0.2, -0.15) is 0 Å². The van der Waals surface area contributed by atoms with E-state index in [1.54, 1.807) is 11.8 Å². The van der Waals surface area contributed by atoms with Crippen LogP contribution < -0.4 is 0 Å². The molecule has 1 atom stereocenters. The van der Waals surface area contributed by atoms with Crippen LogP contribution in [0.4, 0.5) is 0 Å². The second-order valence-electron chi connectivity index (χ2n) is 6.23. The maximum atomic E-state index is 12.1. The molecule has 0 aliphatic carbocycles. The van der Waals surface area contributed by atoms with Crippen molar-refractivity contribution in [2.75, 3.05) is 19.7 Å². The first kappa shape index (κ1) is 20.6. The highest BCUT2D eigenvalue weighted by molar-refractivity contribution is 5.75. The molecule has 1 N–H and O–H groups in total. The minimum absolute atomic E-state index is 0.102. The number of hydrogen-bond acceptors (Lipinski definition) is 6. The predicted molar refractivity (Wildman–Crippen MR) is 101 cm³/mol. The fraction of sp³-hybridized carbons (Fsp3) is 0.333. The third-order valence-electron chi connectivity index (χ3n) is 4.04. The van der Waals surface area contributed by atoms with E-state index in [1.165, 1.54) is 0 Å². The monoisotopic (exact) mass is 371 g/mol. The SMILES string of the molecule is C[C@@H](CO)N(CC(=O)OCc1ccccc1)CC(=O)OCc1ccccc1. The van der Waals surface area contributed by atoms with E-state index in [4.69, 9.17) is 9.47 Å². The highest BCUT2D eigenvalue weighted by atomic mass is 16.5. The zero-order valence-electron chi connectivity index (χ0n) is 15.4. The second kappa shape index (κ2) is 11.1. The van der Waals surface area contributed by atoms with Crippen LogP contribution in [0.15, 0.2) is 60.7 Å². The van der Waals surface area contributed by atoms with Crippen LogP contribution >= 0.6 is 0 Å². The summed E-state index contributed by atoms with van der Waals surface area (Å²) in [4.78, 5) is 25.8. The summed E-state index contributed by atoms with van der Waals surface area (Å²) in [5, 5.41) is 9.40. The summed E-state index contributed by atoms with van der Waals surface area (Å²) in [6, 6.07) is 18.3. The summed E-state index contributed by atoms with van der Waals surface area (Å²) in [5.74, 6) is -0.926. The lowest BCUT2D eigenvalue weighted by molar-refractivity contribution is -0.151. The van der Waals surface area contributed by atoms with Crippen molar-refractivity contribution in [1.29, 1.82) is 0 Å². The molecular formula is C21H25NO5. The Labute approximate surface area is 159 Å². The van der Waals surface area contributed by atoms with Crippen LogP contribution in [-0.4, -0.2) is 47.7 Å². The van der Waals surface area contributed by atoms with Gasteiger partial charge in [0.05, 0.1) is 19.7 Å². The highest BCUT2D eigenvalue weighted by Gasteiger charge is 2.21. The van der Waals surface area contributed by atoms with E-state index in [-0.39, 0.29) is 39.0 Å². The average molecular weight is 371 g/mol. The Morgan fingerprint density at radius 1 is 0.852 bits per heavy atom. The summed E-state index contributed by atoms with van der Waals surface area (Å²) in [6.45, 7) is 1.68. The zero-order chi connectivity index (χ0) is 19.5. The molecule has 144 valence electrons. The second-order valence-corrected chi connectivity index (χ2v) is 6.23. The van der Waals surface area contributed by atoms with Crippen molar-refractivity contribution >= 4 is 11.9 Å². The molecule has 27 heavy (non-hydrogen) atoms. The molecule has 0 heterocycles. The molecule has 0 bridgehead atoms. The van der Waals surface area contributed by atoms with E-state index in [0.29, 0.717) is 0 Å². The summed E-state index contributed by atoms with van der Waals surface area (Å²) >= 11 is 0. The van der Waals surface area contributed by atoms with Crippen LogP contribution in [-0.2, 0) is 32.3 Å². The molecule has 2 aromatic rings. The first-order valence-electron chi connectivity index (χ1n) is 8.82. The van der Waals surface area contributed by atoms with Crippen LogP contribution in [0.3, 0.4) is 0 Å². The van der Waals surface area contributed by atoms with Gasteiger partial charge in [-0.3, -0.25) is 14.5 Å². The number of ether oxygens (including phenoxy) is 2. The fourth-order valence-corrected chi connectivity index (χ4v) is 2.38. The Kier molecular flexibility index (Phi) is 8.48. The number of aliphatic hydroxyl groups excluding tert-OH is 1. The highest BCUT2D eigenvalue weighted by Crippen LogP contribution is 2.05. The Bertz CT molecular complexity index is 648. The van der Waals surface area contributed by atoms with E-state index in [9.17, 15) is 14.7 Å². The molecule has 2 rings (SSSR count). The number of hydrogen-bond donors (Lipinski definition) is 1. The van der Waals surface area contributed by atoms with E-state index < -0.39 is 11.9 Å². The van der Waals surface area contributed by atoms with Crippen LogP contribution in [0.1, 0.15) is 18.1 Å². The van der Waals surface area contributed by atoms with Crippen LogP contribution in [0, 0.1) is 0 Å². The molecule has 0 saturated carbocycles. The summed E-state index contributed by atoms with van der Waals surface area (Å²) in [7, 11) is 0. The molecule has 0 radical (unpaired) electrons. The van der Waals surface area contributed by atoms with Crippen molar-refractivity contribution < 1.29 is 24.2 Å². The lowest BCUT2D eigenvalue weighted by Gasteiger charge is -2.25. The van der Waals surface area contributed by atoms with Gasteiger partial charge in [-0.05, 0) is 18.1 Å². The Hall–Kier alpha value is -2.70. The van der Waals surface area contributed by atoms with Gasteiger partial charge in [0.1, 0.15) is 13.2 Å². The molecule has 0 aliphatic heterocycles. The number of aliphatic hydroxyl groups is 1. The van der Waals surface area contributed by atoms with Crippen LogP contribution in [0.2, 0.25) is 0 Å². The van der Waals surface area contributed by atoms with Crippen molar-refractivity contribution in [1.82, 2.24) is 4.90 Å². The van der Waals surface area contributed by atoms with E-state index in [1.807, 2.05) is 60.7 Å². The molecule has 2 aromatic carbocycles. The van der Waals surface area contributed by atoms with E-state index >= 15 is 0 Å². The number of carbonyl (C=O) groups is 2. The predicted octanol–water partition coefficient (Wildman–Crippen LogP) is 2.16. The molecular weight excluding hydrogens is 346 g/mol. The van der Waals surface area contributed by atoms with Gasteiger partial charge in [0.2, 0.25) is 0 Å². The van der Waals surface area contributed by atoms with Gasteiger partial charge < -0.3 is 14.6 Å². The lowest BCUT2D eigenvalue weighted by atomic mass is 10.2. The largest absolute Gasteiger partial charge is 0.460 e. The van der Waals surface area contributed by atoms with Gasteiger partial charge in [0, 0.05) is 6.04 Å². The molecule has 6 nitrogen and oxygen atoms in total. The maximum Gasteiger partial charge on any atom is 0.320 e. The normalized spacial score (nSPS) is 11.8. The van der Waals surface area contributed by atoms with E-state index in [0.717, 1.165) is 11.1 Å². The fourth-order valence-electron chi connectivity index (χ4n) is 2.38. The van der Waals surface area contributed by atoms with Gasteiger partial charge in [-0.15, -0.1) is 0 Å². The molecule has 0 aromatic heterocycles. The summed E-state index contributed by atoms with van der Waals surface area (Å²) in [5.41, 5.74) is 1.77. The number of carbonyl (C=O) groups excluding carboxylic acids is 2. The van der Waals surface area contributed by atoms with Crippen molar-refractivity contribution in [3.05, 3.63) is 71.8 Å². The van der Waals surface area contributed by atoms with Crippen molar-refractivity contribution in [2.45, 2.75) is 26.2 Å². The first-order chi connectivity index (χ1) is 13.1. The lowest BCUT2D eigenvalue weighted by Crippen LogP contribution is -2.43. The van der Waals surface area contributed by atoms with Gasteiger partial charge in [0.25, 0.3) is 0 Å². The van der Waals surface area contributed by atoms with Gasteiger partial charge >= 0.3 is 11.9 Å². The van der Waals surface area contributed by atoms with Crippen LogP contribution in [0.25, 0.3) is 0 Å². The zero-order valence-corrected chi connectivity index (χ0v) is 15.4. The third-order valence-corrected chi connectivity index (χ3v) is 4.04. The Balaban J connectivity index is 1.82. The van der Waals surface area contributed by atoms with Gasteiger partial charge in [-0.25, -0.2) is 0 Å². The molecule has 0 aliphatic rings. The summed E-state index contributed by atoms with van der Waals surface area (Å²) < 4.78 is 10.5. The molecule has 0 amide bonds. The summed E-state index contributed by atoms with van der Waals surface area (Å²) in [6.07, 6.45) is 0. The minimum atomic E-state index is -0.463. The van der Waals surface area contributed by atoms with Gasteiger partial charge in [0.15, 0.2) is 0 Å². The average Bonchev–Trinajstić information content (AvgIpc) is 2.71. The Morgan fingerprint density at radius 3 is 1.63 bits per heavy atom. The van der Waals surface area contributed by atoms with E-state index in [2.05, 4.69) is 0 Å². The number of rotatable bonds is 10. The van der Waals surface area contributed by atoms with Crippen molar-refractivity contribution in [2.24, 2.45) is 0 Å². The first-order valence-corrected chi connectivity index (χ1v) is 8.82. The smallest absolute Gasteiger partial charge is 0.320 e. The molecule has 0 spiro atoms.